The molecule has 1 N–H and O–H groups in total. The van der Waals surface area contributed by atoms with E-state index in [2.05, 4.69) is 4.98 Å². The van der Waals surface area contributed by atoms with Gasteiger partial charge in [-0.3, -0.25) is 4.98 Å². The van der Waals surface area contributed by atoms with Crippen LogP contribution in [0.15, 0.2) is 36.7 Å². The number of carbonyl (C=O) groups is 1. The number of aliphatic hydroxyl groups is 1. The number of amides is 1. The average molecular weight is 374 g/mol. The number of ether oxygens (including phenoxy) is 1. The minimum absolute atomic E-state index is 0.208. The third kappa shape index (κ3) is 4.75. The van der Waals surface area contributed by atoms with E-state index in [1.165, 1.54) is 0 Å². The number of aromatic nitrogens is 1. The fourth-order valence-corrected chi connectivity index (χ4v) is 3.60. The quantitative estimate of drug-likeness (QED) is 0.865. The zero-order valence-electron chi connectivity index (χ0n) is 16.1. The molecular weight excluding hydrogens is 347 g/mol. The highest BCUT2D eigenvalue weighted by atomic mass is 19.1. The molecule has 0 bridgehead atoms. The molecule has 2 heterocycles. The highest BCUT2D eigenvalue weighted by Crippen LogP contribution is 2.32. The molecule has 1 aromatic heterocycles. The van der Waals surface area contributed by atoms with Crippen molar-refractivity contribution < 1.29 is 19.0 Å². The van der Waals surface area contributed by atoms with Gasteiger partial charge in [0.25, 0.3) is 0 Å². The van der Waals surface area contributed by atoms with Crippen molar-refractivity contribution >= 4 is 16.9 Å². The first-order chi connectivity index (χ1) is 12.7. The lowest BCUT2D eigenvalue weighted by Gasteiger charge is -2.38. The van der Waals surface area contributed by atoms with Crippen LogP contribution in [0.1, 0.15) is 51.7 Å². The number of likely N-dealkylation sites (tertiary alicyclic amines) is 1. The molecule has 1 amide bonds. The summed E-state index contributed by atoms with van der Waals surface area (Å²) in [5.41, 5.74) is 0.124. The summed E-state index contributed by atoms with van der Waals surface area (Å²) in [5.74, 6) is 0. The Hall–Kier alpha value is -2.21. The van der Waals surface area contributed by atoms with Gasteiger partial charge in [0, 0.05) is 30.4 Å². The summed E-state index contributed by atoms with van der Waals surface area (Å²) in [6, 6.07) is 7.16. The van der Waals surface area contributed by atoms with E-state index in [-0.39, 0.29) is 12.8 Å². The second-order valence-electron chi connectivity index (χ2n) is 8.14. The number of pyridine rings is 1. The summed E-state index contributed by atoms with van der Waals surface area (Å²) in [6.07, 6.45) is 1.94. The van der Waals surface area contributed by atoms with E-state index in [4.69, 9.17) is 4.74 Å². The van der Waals surface area contributed by atoms with Crippen LogP contribution in [0.2, 0.25) is 0 Å². The number of alkyl halides is 1. The Bertz CT molecular complexity index is 800. The first kappa shape index (κ1) is 19.5. The van der Waals surface area contributed by atoms with Crippen molar-refractivity contribution in [1.82, 2.24) is 9.88 Å². The fourth-order valence-electron chi connectivity index (χ4n) is 3.60. The van der Waals surface area contributed by atoms with Crippen molar-refractivity contribution in [2.24, 2.45) is 0 Å². The normalized spacial score (nSPS) is 21.9. The Labute approximate surface area is 159 Å². The summed E-state index contributed by atoms with van der Waals surface area (Å²) in [5, 5.41) is 12.7. The van der Waals surface area contributed by atoms with E-state index in [1.807, 2.05) is 24.3 Å². The largest absolute Gasteiger partial charge is 0.444 e. The topological polar surface area (TPSA) is 62.7 Å². The maximum atomic E-state index is 14.0. The van der Waals surface area contributed by atoms with Crippen LogP contribution in [-0.2, 0) is 4.74 Å². The van der Waals surface area contributed by atoms with Crippen molar-refractivity contribution in [2.75, 3.05) is 6.54 Å². The van der Waals surface area contributed by atoms with Gasteiger partial charge in [-0.1, -0.05) is 18.2 Å². The van der Waals surface area contributed by atoms with Crippen molar-refractivity contribution in [2.45, 2.75) is 64.0 Å². The number of hydrogen-bond acceptors (Lipinski definition) is 4. The third-order valence-electron chi connectivity index (χ3n) is 4.85. The zero-order chi connectivity index (χ0) is 19.6. The molecule has 1 fully saturated rings. The molecule has 146 valence electrons. The molecule has 6 heteroatoms. The number of fused-ring (bicyclic) bond motifs is 1. The number of hydrogen-bond donors (Lipinski definition) is 1. The lowest BCUT2D eigenvalue weighted by atomic mass is 9.92. The Morgan fingerprint density at radius 2 is 2.19 bits per heavy atom. The maximum absolute atomic E-state index is 14.0. The maximum Gasteiger partial charge on any atom is 0.410 e. The first-order valence-corrected chi connectivity index (χ1v) is 9.39. The van der Waals surface area contributed by atoms with Gasteiger partial charge in [0.1, 0.15) is 11.8 Å². The van der Waals surface area contributed by atoms with Gasteiger partial charge in [0.05, 0.1) is 6.10 Å². The number of halogens is 1. The van der Waals surface area contributed by atoms with Gasteiger partial charge in [0.15, 0.2) is 0 Å². The van der Waals surface area contributed by atoms with E-state index in [1.54, 1.807) is 38.1 Å². The van der Waals surface area contributed by atoms with Crippen LogP contribution in [-0.4, -0.2) is 45.4 Å². The third-order valence-corrected chi connectivity index (χ3v) is 4.85. The van der Waals surface area contributed by atoms with Crippen LogP contribution in [0.3, 0.4) is 0 Å². The van der Waals surface area contributed by atoms with Crippen LogP contribution in [0.4, 0.5) is 9.18 Å². The van der Waals surface area contributed by atoms with E-state index in [0.29, 0.717) is 13.0 Å². The number of piperidine rings is 1. The number of benzene rings is 1. The zero-order valence-corrected chi connectivity index (χ0v) is 16.1. The van der Waals surface area contributed by atoms with E-state index in [0.717, 1.165) is 16.3 Å². The Morgan fingerprint density at radius 3 is 2.93 bits per heavy atom. The van der Waals surface area contributed by atoms with Crippen LogP contribution in [0.25, 0.3) is 10.8 Å². The van der Waals surface area contributed by atoms with E-state index in [9.17, 15) is 14.3 Å². The number of nitrogens with zero attached hydrogens (tertiary/aromatic N) is 2. The molecule has 1 aliphatic heterocycles. The molecule has 0 saturated carbocycles. The van der Waals surface area contributed by atoms with Gasteiger partial charge >= 0.3 is 6.09 Å². The summed E-state index contributed by atoms with van der Waals surface area (Å²) >= 11 is 0. The molecule has 2 aromatic rings. The Balaban J connectivity index is 1.80. The van der Waals surface area contributed by atoms with Crippen molar-refractivity contribution in [1.29, 1.82) is 0 Å². The standard InChI is InChI=1S/C21H27FN2O3/c1-21(2,3)27-20(26)24-10-8-15(22)11-16(24)12-19(25)17-6-4-5-14-7-9-23-13-18(14)17/h4-7,9,13,15-16,19,25H,8,10-12H2,1-3H3/t15-,16-,19-/m0/s1. The fraction of sp³-hybridized carbons (Fsp3) is 0.524. The average Bonchev–Trinajstić information content (AvgIpc) is 2.59. The van der Waals surface area contributed by atoms with Crippen molar-refractivity contribution in [3.8, 4) is 0 Å². The lowest BCUT2D eigenvalue weighted by Crippen LogP contribution is -2.49. The summed E-state index contributed by atoms with van der Waals surface area (Å²) in [6.45, 7) is 5.71. The highest BCUT2D eigenvalue weighted by molar-refractivity contribution is 5.85. The van der Waals surface area contributed by atoms with Gasteiger partial charge in [-0.15, -0.1) is 0 Å². The first-order valence-electron chi connectivity index (χ1n) is 9.39. The Morgan fingerprint density at radius 1 is 1.41 bits per heavy atom. The van der Waals surface area contributed by atoms with Gasteiger partial charge in [0.2, 0.25) is 0 Å². The SMILES string of the molecule is CC(C)(C)OC(=O)N1CC[C@H](F)C[C@H]1C[C@H](O)c1cccc2ccncc12. The number of carbonyl (C=O) groups excluding carboxylic acids is 1. The van der Waals surface area contributed by atoms with Crippen LogP contribution in [0, 0.1) is 0 Å². The van der Waals surface area contributed by atoms with Crippen molar-refractivity contribution in [3.63, 3.8) is 0 Å². The predicted octanol–water partition coefficient (Wildman–Crippen LogP) is 4.40. The molecule has 5 nitrogen and oxygen atoms in total. The molecule has 0 unspecified atom stereocenters. The number of aliphatic hydroxyl groups excluding tert-OH is 1. The van der Waals surface area contributed by atoms with Gasteiger partial charge in [-0.25, -0.2) is 9.18 Å². The molecule has 1 saturated heterocycles. The van der Waals surface area contributed by atoms with Gasteiger partial charge in [-0.05, 0) is 57.0 Å². The molecule has 0 aliphatic carbocycles. The molecule has 1 aliphatic rings. The Kier molecular flexibility index (Phi) is 5.65. The predicted molar refractivity (Wildman–Crippen MR) is 102 cm³/mol. The molecule has 0 spiro atoms. The van der Waals surface area contributed by atoms with E-state index >= 15 is 0 Å². The van der Waals surface area contributed by atoms with E-state index < -0.39 is 30.0 Å². The van der Waals surface area contributed by atoms with Gasteiger partial charge < -0.3 is 14.7 Å². The van der Waals surface area contributed by atoms with Gasteiger partial charge in [-0.2, -0.15) is 0 Å². The molecule has 1 aromatic carbocycles. The smallest absolute Gasteiger partial charge is 0.410 e. The monoisotopic (exact) mass is 374 g/mol. The van der Waals surface area contributed by atoms with Crippen LogP contribution >= 0.6 is 0 Å². The summed E-state index contributed by atoms with van der Waals surface area (Å²) in [7, 11) is 0. The second-order valence-corrected chi connectivity index (χ2v) is 8.14. The van der Waals surface area contributed by atoms with Crippen molar-refractivity contribution in [3.05, 3.63) is 42.2 Å². The van der Waals surface area contributed by atoms with Crippen LogP contribution in [0.5, 0.6) is 0 Å². The molecule has 3 rings (SSSR count). The number of rotatable bonds is 3. The van der Waals surface area contributed by atoms with Crippen LogP contribution < -0.4 is 0 Å². The summed E-state index contributed by atoms with van der Waals surface area (Å²) < 4.78 is 19.5. The minimum atomic E-state index is -0.977. The molecular formula is C21H27FN2O3. The second kappa shape index (κ2) is 7.80. The molecule has 0 radical (unpaired) electrons. The highest BCUT2D eigenvalue weighted by Gasteiger charge is 2.35. The summed E-state index contributed by atoms with van der Waals surface area (Å²) in [4.78, 5) is 18.3. The minimum Gasteiger partial charge on any atom is -0.444 e. The molecule has 27 heavy (non-hydrogen) atoms. The lowest BCUT2D eigenvalue weighted by molar-refractivity contribution is -0.00656. The molecule has 3 atom stereocenters.